The number of ether oxygens (including phenoxy) is 1. The second-order valence-electron chi connectivity index (χ2n) is 4.82. The molecule has 0 bridgehead atoms. The van der Waals surface area contributed by atoms with Gasteiger partial charge in [-0.25, -0.2) is 4.39 Å². The number of benzene rings is 2. The highest BCUT2D eigenvalue weighted by atomic mass is 19.1. The molecule has 4 nitrogen and oxygen atoms in total. The Morgan fingerprint density at radius 3 is 2.67 bits per heavy atom. The highest BCUT2D eigenvalue weighted by molar-refractivity contribution is 5.62. The first-order valence-corrected chi connectivity index (χ1v) is 6.39. The Labute approximate surface area is 123 Å². The van der Waals surface area contributed by atoms with Crippen molar-refractivity contribution in [1.29, 1.82) is 5.26 Å². The summed E-state index contributed by atoms with van der Waals surface area (Å²) in [7, 11) is 3.82. The van der Waals surface area contributed by atoms with E-state index >= 15 is 0 Å². The van der Waals surface area contributed by atoms with E-state index in [1.165, 1.54) is 18.2 Å². The van der Waals surface area contributed by atoms with Gasteiger partial charge in [-0.1, -0.05) is 0 Å². The maximum absolute atomic E-state index is 13.3. The summed E-state index contributed by atoms with van der Waals surface area (Å²) in [6.07, 6.45) is 0. The third-order valence-electron chi connectivity index (χ3n) is 3.08. The van der Waals surface area contributed by atoms with Crippen LogP contribution in [0.1, 0.15) is 11.1 Å². The van der Waals surface area contributed by atoms with Gasteiger partial charge in [0.15, 0.2) is 0 Å². The number of halogens is 1. The molecular formula is C16H16FN3O. The molecule has 21 heavy (non-hydrogen) atoms. The van der Waals surface area contributed by atoms with Crippen molar-refractivity contribution in [3.8, 4) is 11.8 Å². The molecule has 0 aromatic heterocycles. The third-order valence-corrected chi connectivity index (χ3v) is 3.08. The number of anilines is 2. The lowest BCUT2D eigenvalue weighted by atomic mass is 10.1. The Kier molecular flexibility index (Phi) is 4.29. The maximum Gasteiger partial charge on any atom is 0.144 e. The predicted molar refractivity (Wildman–Crippen MR) is 80.6 cm³/mol. The minimum Gasteiger partial charge on any atom is -0.487 e. The van der Waals surface area contributed by atoms with E-state index in [9.17, 15) is 4.39 Å². The predicted octanol–water partition coefficient (Wildman–Crippen LogP) is 2.92. The van der Waals surface area contributed by atoms with Crippen LogP contribution >= 0.6 is 0 Å². The van der Waals surface area contributed by atoms with Crippen molar-refractivity contribution in [2.75, 3.05) is 24.7 Å². The van der Waals surface area contributed by atoms with E-state index < -0.39 is 5.82 Å². The summed E-state index contributed by atoms with van der Waals surface area (Å²) in [5, 5.41) is 9.02. The molecule has 2 aromatic rings. The van der Waals surface area contributed by atoms with Gasteiger partial charge in [0, 0.05) is 31.4 Å². The van der Waals surface area contributed by atoms with Crippen molar-refractivity contribution < 1.29 is 9.13 Å². The topological polar surface area (TPSA) is 62.3 Å². The van der Waals surface area contributed by atoms with E-state index in [0.717, 1.165) is 5.69 Å². The Morgan fingerprint density at radius 2 is 2.00 bits per heavy atom. The van der Waals surface area contributed by atoms with Crippen LogP contribution < -0.4 is 15.4 Å². The van der Waals surface area contributed by atoms with Gasteiger partial charge in [0.2, 0.25) is 0 Å². The van der Waals surface area contributed by atoms with Crippen molar-refractivity contribution in [3.63, 3.8) is 0 Å². The Balaban J connectivity index is 2.22. The lowest BCUT2D eigenvalue weighted by molar-refractivity contribution is 0.307. The molecule has 0 radical (unpaired) electrons. The molecule has 0 atom stereocenters. The molecule has 0 aliphatic heterocycles. The van der Waals surface area contributed by atoms with Crippen molar-refractivity contribution in [1.82, 2.24) is 0 Å². The van der Waals surface area contributed by atoms with Crippen LogP contribution in [-0.4, -0.2) is 14.1 Å². The van der Waals surface area contributed by atoms with Gasteiger partial charge >= 0.3 is 0 Å². The summed E-state index contributed by atoms with van der Waals surface area (Å²) in [6, 6.07) is 11.4. The molecule has 0 saturated heterocycles. The molecule has 0 amide bonds. The number of nitrogens with two attached hydrogens (primary N) is 1. The van der Waals surface area contributed by atoms with E-state index in [2.05, 4.69) is 0 Å². The van der Waals surface area contributed by atoms with Crippen LogP contribution in [0.4, 0.5) is 15.8 Å². The van der Waals surface area contributed by atoms with Crippen LogP contribution in [0.25, 0.3) is 0 Å². The molecule has 5 heteroatoms. The van der Waals surface area contributed by atoms with Crippen molar-refractivity contribution in [2.45, 2.75) is 6.61 Å². The van der Waals surface area contributed by atoms with E-state index in [4.69, 9.17) is 15.7 Å². The van der Waals surface area contributed by atoms with Crippen LogP contribution in [-0.2, 0) is 6.61 Å². The largest absolute Gasteiger partial charge is 0.487 e. The van der Waals surface area contributed by atoms with Crippen molar-refractivity contribution in [2.24, 2.45) is 0 Å². The minimum atomic E-state index is -0.400. The number of rotatable bonds is 4. The highest BCUT2D eigenvalue weighted by Crippen LogP contribution is 2.28. The summed E-state index contributed by atoms with van der Waals surface area (Å²) in [4.78, 5) is 1.93. The zero-order valence-electron chi connectivity index (χ0n) is 11.9. The lowest BCUT2D eigenvalue weighted by Crippen LogP contribution is -2.09. The van der Waals surface area contributed by atoms with Gasteiger partial charge in [-0.05, 0) is 30.3 Å². The van der Waals surface area contributed by atoms with Gasteiger partial charge in [-0.2, -0.15) is 5.26 Å². The maximum atomic E-state index is 13.3. The van der Waals surface area contributed by atoms with Crippen LogP contribution in [0.5, 0.6) is 5.75 Å². The van der Waals surface area contributed by atoms with Crippen LogP contribution in [0, 0.1) is 17.1 Å². The highest BCUT2D eigenvalue weighted by Gasteiger charge is 2.08. The smallest absolute Gasteiger partial charge is 0.144 e. The quantitative estimate of drug-likeness (QED) is 0.877. The van der Waals surface area contributed by atoms with E-state index in [-0.39, 0.29) is 6.61 Å². The summed E-state index contributed by atoms with van der Waals surface area (Å²) in [6.45, 7) is 0.0851. The molecule has 0 aliphatic carbocycles. The Bertz CT molecular complexity index is 692. The van der Waals surface area contributed by atoms with Gasteiger partial charge in [-0.3, -0.25) is 0 Å². The van der Waals surface area contributed by atoms with E-state index in [0.29, 0.717) is 22.6 Å². The number of nitriles is 1. The SMILES string of the molecule is CN(C)c1ccc(N)c(OCc2cc(F)ccc2C#N)c1. The number of hydrogen-bond donors (Lipinski definition) is 1. The zero-order chi connectivity index (χ0) is 15.4. The van der Waals surface area contributed by atoms with Crippen molar-refractivity contribution in [3.05, 3.63) is 53.3 Å². The molecule has 0 aliphatic rings. The number of nitrogen functional groups attached to an aromatic ring is 1. The standard InChI is InChI=1S/C16H16FN3O/c1-20(2)14-5-6-15(19)16(8-14)21-10-12-7-13(17)4-3-11(12)9-18/h3-8H,10,19H2,1-2H3. The zero-order valence-corrected chi connectivity index (χ0v) is 11.9. The first kappa shape index (κ1) is 14.7. The molecule has 0 unspecified atom stereocenters. The molecule has 2 rings (SSSR count). The van der Waals surface area contributed by atoms with Gasteiger partial charge in [0.25, 0.3) is 0 Å². The summed E-state index contributed by atoms with van der Waals surface area (Å²) >= 11 is 0. The average Bonchev–Trinajstić information content (AvgIpc) is 2.46. The molecule has 108 valence electrons. The second kappa shape index (κ2) is 6.14. The van der Waals surface area contributed by atoms with Crippen LogP contribution in [0.2, 0.25) is 0 Å². The molecule has 0 heterocycles. The summed E-state index contributed by atoms with van der Waals surface area (Å²) < 4.78 is 18.9. The average molecular weight is 285 g/mol. The van der Waals surface area contributed by atoms with Gasteiger partial charge in [0.05, 0.1) is 17.3 Å². The first-order chi connectivity index (χ1) is 10.0. The fourth-order valence-electron chi connectivity index (χ4n) is 1.87. The fourth-order valence-corrected chi connectivity index (χ4v) is 1.87. The summed E-state index contributed by atoms with van der Waals surface area (Å²) in [5.74, 6) is 0.108. The monoisotopic (exact) mass is 285 g/mol. The molecule has 2 aromatic carbocycles. The molecule has 2 N–H and O–H groups in total. The Morgan fingerprint density at radius 1 is 1.24 bits per heavy atom. The molecule has 0 spiro atoms. The Hall–Kier alpha value is -2.74. The molecule has 0 saturated carbocycles. The van der Waals surface area contributed by atoms with Gasteiger partial charge in [0.1, 0.15) is 18.2 Å². The lowest BCUT2D eigenvalue weighted by Gasteiger charge is -2.16. The minimum absolute atomic E-state index is 0.0851. The summed E-state index contributed by atoms with van der Waals surface area (Å²) in [5.41, 5.74) is 8.19. The molecular weight excluding hydrogens is 269 g/mol. The number of nitrogens with zero attached hydrogens (tertiary/aromatic N) is 2. The van der Waals surface area contributed by atoms with Crippen LogP contribution in [0.3, 0.4) is 0 Å². The number of hydrogen-bond acceptors (Lipinski definition) is 4. The normalized spacial score (nSPS) is 10.0. The van der Waals surface area contributed by atoms with E-state index in [1.54, 1.807) is 12.1 Å². The van der Waals surface area contributed by atoms with E-state index in [1.807, 2.05) is 31.1 Å². The third kappa shape index (κ3) is 3.42. The fraction of sp³-hybridized carbons (Fsp3) is 0.188. The molecule has 0 fully saturated rings. The van der Waals surface area contributed by atoms with Crippen molar-refractivity contribution >= 4 is 11.4 Å². The van der Waals surface area contributed by atoms with Gasteiger partial charge in [-0.15, -0.1) is 0 Å². The second-order valence-corrected chi connectivity index (χ2v) is 4.82. The van der Waals surface area contributed by atoms with Gasteiger partial charge < -0.3 is 15.4 Å². The first-order valence-electron chi connectivity index (χ1n) is 6.39. The van der Waals surface area contributed by atoms with Crippen LogP contribution in [0.15, 0.2) is 36.4 Å².